The van der Waals surface area contributed by atoms with E-state index in [1.165, 1.54) is 11.0 Å². The van der Waals surface area contributed by atoms with Gasteiger partial charge in [0.05, 0.1) is 11.6 Å². The van der Waals surface area contributed by atoms with Crippen LogP contribution in [-0.2, 0) is 16.0 Å². The third-order valence-corrected chi connectivity index (χ3v) is 7.94. The normalized spacial score (nSPS) is 27.2. The highest BCUT2D eigenvalue weighted by atomic mass is 16.3. The fourth-order valence-electron chi connectivity index (χ4n) is 6.33. The lowest BCUT2D eigenvalue weighted by molar-refractivity contribution is -0.148. The number of nitrogens with two attached hydrogens (primary N) is 1. The number of phenols is 1. The van der Waals surface area contributed by atoms with Crippen molar-refractivity contribution >= 4 is 17.5 Å². The van der Waals surface area contributed by atoms with Gasteiger partial charge in [-0.15, -0.1) is 0 Å². The first-order valence-corrected chi connectivity index (χ1v) is 12.0. The maximum Gasteiger partial charge on any atom is 0.255 e. The number of Topliss-reactive ketones (excluding diaryl/α,β-unsaturated/α-hetero) is 2. The van der Waals surface area contributed by atoms with Crippen molar-refractivity contribution in [3.8, 4) is 16.9 Å². The van der Waals surface area contributed by atoms with Crippen molar-refractivity contribution in [2.75, 3.05) is 14.1 Å². The average molecular weight is 505 g/mol. The first kappa shape index (κ1) is 24.7. The second-order valence-corrected chi connectivity index (χ2v) is 10.3. The Balaban J connectivity index is 1.73. The highest BCUT2D eigenvalue weighted by Gasteiger charge is 2.63. The van der Waals surface area contributed by atoms with Gasteiger partial charge in [-0.3, -0.25) is 19.3 Å². The Labute approximate surface area is 213 Å². The minimum absolute atomic E-state index is 0.000196. The van der Waals surface area contributed by atoms with Crippen molar-refractivity contribution in [1.82, 2.24) is 4.90 Å². The first-order valence-electron chi connectivity index (χ1n) is 12.0. The number of rotatable bonds is 3. The van der Waals surface area contributed by atoms with Crippen molar-refractivity contribution < 1.29 is 34.8 Å². The largest absolute Gasteiger partial charge is 0.510 e. The number of allylic oxidation sites excluding steroid dienone is 1. The van der Waals surface area contributed by atoms with Crippen LogP contribution in [0.15, 0.2) is 59.1 Å². The zero-order valence-electron chi connectivity index (χ0n) is 20.6. The van der Waals surface area contributed by atoms with Gasteiger partial charge in [-0.2, -0.15) is 0 Å². The van der Waals surface area contributed by atoms with Crippen molar-refractivity contribution in [3.63, 3.8) is 0 Å². The number of hydrogen-bond donors (Lipinski definition) is 5. The molecule has 2 aromatic carbocycles. The number of carbonyl (C=O) groups is 3. The van der Waals surface area contributed by atoms with E-state index < -0.39 is 58.0 Å². The van der Waals surface area contributed by atoms with Gasteiger partial charge >= 0.3 is 0 Å². The van der Waals surface area contributed by atoms with Gasteiger partial charge in [0.1, 0.15) is 22.8 Å². The number of ketones is 2. The molecule has 3 aliphatic rings. The number of carbonyl (C=O) groups excluding carboxylic acids is 3. The number of primary amides is 1. The number of fused-ring (bicyclic) bond motifs is 3. The molecule has 0 radical (unpaired) electrons. The van der Waals surface area contributed by atoms with E-state index in [9.17, 15) is 34.8 Å². The number of aliphatic hydroxyl groups excluding tert-OH is 2. The molecule has 6 N–H and O–H groups in total. The van der Waals surface area contributed by atoms with Crippen molar-refractivity contribution in [2.45, 2.75) is 31.4 Å². The van der Waals surface area contributed by atoms with Crippen LogP contribution >= 0.6 is 0 Å². The summed E-state index contributed by atoms with van der Waals surface area (Å²) in [6, 6.07) is 9.85. The second kappa shape index (κ2) is 8.29. The lowest BCUT2D eigenvalue weighted by Crippen LogP contribution is -2.63. The molecule has 1 amide bonds. The summed E-state index contributed by atoms with van der Waals surface area (Å²) in [6.07, 6.45) is 0.293. The van der Waals surface area contributed by atoms with Gasteiger partial charge in [0.15, 0.2) is 11.4 Å². The summed E-state index contributed by atoms with van der Waals surface area (Å²) in [6.45, 7) is 1.95. The van der Waals surface area contributed by atoms with Crippen LogP contribution in [0.4, 0.5) is 0 Å². The number of likely N-dealkylation sites (N-methyl/N-ethyl adjacent to an activating group) is 1. The SMILES string of the molecule is Cc1cccc(-c2ccc(O)c3c2C[C@H]2C[C@H]4[C@@H](N(C)C)C(O)=C(C(N)=O)C(=O)[C@@]4(O)C(O)=C2C3=O)c1. The first-order chi connectivity index (χ1) is 17.4. The Hall–Kier alpha value is -3.95. The molecule has 9 nitrogen and oxygen atoms in total. The molecule has 0 aliphatic heterocycles. The molecule has 5 rings (SSSR count). The molecule has 9 heteroatoms. The highest BCUT2D eigenvalue weighted by Crippen LogP contribution is 2.53. The molecule has 4 atom stereocenters. The molecule has 0 saturated carbocycles. The molecule has 192 valence electrons. The van der Waals surface area contributed by atoms with E-state index in [0.717, 1.165) is 16.7 Å². The lowest BCUT2D eigenvalue weighted by Gasteiger charge is -2.50. The van der Waals surface area contributed by atoms with Gasteiger partial charge in [0.25, 0.3) is 5.91 Å². The summed E-state index contributed by atoms with van der Waals surface area (Å²) in [7, 11) is 3.20. The molecule has 0 fully saturated rings. The van der Waals surface area contributed by atoms with E-state index >= 15 is 0 Å². The van der Waals surface area contributed by atoms with Gasteiger partial charge < -0.3 is 26.2 Å². The number of aliphatic hydroxyl groups is 3. The predicted molar refractivity (Wildman–Crippen MR) is 134 cm³/mol. The van der Waals surface area contributed by atoms with Gasteiger partial charge in [-0.05, 0) is 62.5 Å². The van der Waals surface area contributed by atoms with Crippen molar-refractivity contribution in [2.24, 2.45) is 17.6 Å². The van der Waals surface area contributed by atoms with Crippen LogP contribution in [0, 0.1) is 18.8 Å². The summed E-state index contributed by atoms with van der Waals surface area (Å²) in [5.74, 6) is -6.60. The molecule has 0 saturated heterocycles. The van der Waals surface area contributed by atoms with Gasteiger partial charge in [0.2, 0.25) is 5.78 Å². The minimum atomic E-state index is -2.64. The van der Waals surface area contributed by atoms with Crippen LogP contribution in [0.3, 0.4) is 0 Å². The summed E-state index contributed by atoms with van der Waals surface area (Å²) < 4.78 is 0. The maximum absolute atomic E-state index is 13.8. The number of aromatic hydroxyl groups is 1. The Kier molecular flexibility index (Phi) is 5.54. The van der Waals surface area contributed by atoms with E-state index in [1.54, 1.807) is 20.2 Å². The number of benzene rings is 2. The zero-order valence-corrected chi connectivity index (χ0v) is 20.6. The molecule has 37 heavy (non-hydrogen) atoms. The number of aryl methyl sites for hydroxylation is 1. The van der Waals surface area contributed by atoms with Crippen LogP contribution in [0.2, 0.25) is 0 Å². The molecule has 3 aliphatic carbocycles. The topological polar surface area (TPSA) is 161 Å². The van der Waals surface area contributed by atoms with Gasteiger partial charge in [-0.1, -0.05) is 35.9 Å². The van der Waals surface area contributed by atoms with Crippen LogP contribution < -0.4 is 5.73 Å². The maximum atomic E-state index is 13.8. The molecule has 0 spiro atoms. The second-order valence-electron chi connectivity index (χ2n) is 10.3. The molecule has 0 unspecified atom stereocenters. The molecule has 0 heterocycles. The van der Waals surface area contributed by atoms with E-state index in [1.807, 2.05) is 31.2 Å². The number of hydrogen-bond acceptors (Lipinski definition) is 8. The lowest BCUT2D eigenvalue weighted by atomic mass is 9.58. The van der Waals surface area contributed by atoms with E-state index in [4.69, 9.17) is 5.73 Å². The van der Waals surface area contributed by atoms with Gasteiger partial charge in [-0.25, -0.2) is 0 Å². The summed E-state index contributed by atoms with van der Waals surface area (Å²) in [5, 5.41) is 44.6. The molecule has 2 aromatic rings. The van der Waals surface area contributed by atoms with Crippen LogP contribution in [0.1, 0.15) is 27.9 Å². The third-order valence-electron chi connectivity index (χ3n) is 7.94. The van der Waals surface area contributed by atoms with E-state index in [0.29, 0.717) is 5.56 Å². The summed E-state index contributed by atoms with van der Waals surface area (Å²) in [4.78, 5) is 40.7. The molecule has 0 bridgehead atoms. The monoisotopic (exact) mass is 504 g/mol. The Morgan fingerprint density at radius 2 is 1.81 bits per heavy atom. The fourth-order valence-corrected chi connectivity index (χ4v) is 6.33. The predicted octanol–water partition coefficient (Wildman–Crippen LogP) is 2.10. The average Bonchev–Trinajstić information content (AvgIpc) is 2.81. The smallest absolute Gasteiger partial charge is 0.255 e. The summed E-state index contributed by atoms with van der Waals surface area (Å²) >= 11 is 0. The number of nitrogens with zero attached hydrogens (tertiary/aromatic N) is 1. The van der Waals surface area contributed by atoms with Crippen LogP contribution in [-0.4, -0.2) is 68.5 Å². The van der Waals surface area contributed by atoms with Crippen LogP contribution in [0.25, 0.3) is 11.1 Å². The van der Waals surface area contributed by atoms with E-state index in [-0.39, 0.29) is 29.7 Å². The third kappa shape index (κ3) is 3.34. The summed E-state index contributed by atoms with van der Waals surface area (Å²) in [5.41, 5.74) is 4.96. The zero-order chi connectivity index (χ0) is 27.0. The Morgan fingerprint density at radius 1 is 1.11 bits per heavy atom. The quantitative estimate of drug-likeness (QED) is 0.397. The molecule has 0 aromatic heterocycles. The van der Waals surface area contributed by atoms with Crippen molar-refractivity contribution in [3.05, 3.63) is 75.8 Å². The fraction of sp³-hybridized carbons (Fsp3) is 0.321. The standard InChI is InChI=1S/C28H28N2O7/c1-12-5-4-6-13(9-12)15-7-8-18(31)20-16(15)10-14-11-17-22(30(2)3)24(33)21(27(29)36)26(35)28(17,37)25(34)19(14)23(20)32/h4-9,14,17,22,31,33-34,37H,10-11H2,1-3H3,(H2,29,36)/t14-,17-,22+,28-/m0/s1. The minimum Gasteiger partial charge on any atom is -0.510 e. The van der Waals surface area contributed by atoms with Gasteiger partial charge in [0, 0.05) is 11.5 Å². The number of amides is 1. The Morgan fingerprint density at radius 3 is 2.43 bits per heavy atom. The molecular formula is C28H28N2O7. The Bertz CT molecular complexity index is 1450. The molecular weight excluding hydrogens is 476 g/mol. The highest BCUT2D eigenvalue weighted by molar-refractivity contribution is 6.24. The number of phenolic OH excluding ortho intramolecular Hbond substituents is 1. The van der Waals surface area contributed by atoms with E-state index in [2.05, 4.69) is 0 Å². The van der Waals surface area contributed by atoms with Crippen molar-refractivity contribution in [1.29, 1.82) is 0 Å². The van der Waals surface area contributed by atoms with Crippen LogP contribution in [0.5, 0.6) is 5.75 Å².